The van der Waals surface area contributed by atoms with Gasteiger partial charge in [0.25, 0.3) is 0 Å². The van der Waals surface area contributed by atoms with E-state index < -0.39 is 5.54 Å². The highest BCUT2D eigenvalue weighted by molar-refractivity contribution is 6.06. The first-order valence-corrected chi connectivity index (χ1v) is 5.90. The van der Waals surface area contributed by atoms with E-state index in [2.05, 4.69) is 10.6 Å². The predicted octanol–water partition coefficient (Wildman–Crippen LogP) is 2.67. The number of carbonyl (C=O) groups excluding carboxylic acids is 1. The first-order valence-electron chi connectivity index (χ1n) is 5.90. The molecule has 1 fully saturated rings. The maximum absolute atomic E-state index is 13.4. The highest BCUT2D eigenvalue weighted by atomic mass is 19.1. The third kappa shape index (κ3) is 1.51. The molecule has 1 heterocycles. The average molecular weight is 234 g/mol. The van der Waals surface area contributed by atoms with Crippen LogP contribution < -0.4 is 10.6 Å². The molecule has 90 valence electrons. The van der Waals surface area contributed by atoms with Crippen LogP contribution >= 0.6 is 0 Å². The van der Waals surface area contributed by atoms with Gasteiger partial charge in [0.2, 0.25) is 5.91 Å². The molecule has 0 bridgehead atoms. The largest absolute Gasteiger partial charge is 0.370 e. The van der Waals surface area contributed by atoms with Gasteiger partial charge in [0.05, 0.1) is 11.4 Å². The Bertz CT molecular complexity index is 510. The van der Waals surface area contributed by atoms with Gasteiger partial charge in [-0.1, -0.05) is 0 Å². The Kier molecular flexibility index (Phi) is 2.00. The van der Waals surface area contributed by atoms with Crippen molar-refractivity contribution in [2.45, 2.75) is 32.2 Å². The van der Waals surface area contributed by atoms with E-state index in [-0.39, 0.29) is 11.7 Å². The van der Waals surface area contributed by atoms with Crippen LogP contribution in [0.4, 0.5) is 15.8 Å². The van der Waals surface area contributed by atoms with E-state index in [1.807, 2.05) is 6.92 Å². The summed E-state index contributed by atoms with van der Waals surface area (Å²) in [5, 5.41) is 6.07. The van der Waals surface area contributed by atoms with Gasteiger partial charge in [-0.3, -0.25) is 4.79 Å². The zero-order chi connectivity index (χ0) is 12.2. The Morgan fingerprint density at radius 3 is 2.71 bits per heavy atom. The molecule has 17 heavy (non-hydrogen) atoms. The van der Waals surface area contributed by atoms with Crippen LogP contribution in [0.25, 0.3) is 0 Å². The monoisotopic (exact) mass is 234 g/mol. The Morgan fingerprint density at radius 2 is 2.06 bits per heavy atom. The van der Waals surface area contributed by atoms with Gasteiger partial charge >= 0.3 is 0 Å². The molecule has 0 radical (unpaired) electrons. The molecular weight excluding hydrogens is 219 g/mol. The lowest BCUT2D eigenvalue weighted by atomic mass is 9.91. The van der Waals surface area contributed by atoms with Crippen molar-refractivity contribution in [2.24, 2.45) is 5.92 Å². The van der Waals surface area contributed by atoms with E-state index in [9.17, 15) is 9.18 Å². The summed E-state index contributed by atoms with van der Waals surface area (Å²) < 4.78 is 13.4. The maximum Gasteiger partial charge on any atom is 0.250 e. The summed E-state index contributed by atoms with van der Waals surface area (Å²) in [6.45, 7) is 3.64. The molecule has 3 rings (SSSR count). The van der Waals surface area contributed by atoms with Crippen LogP contribution in [0, 0.1) is 18.7 Å². The summed E-state index contributed by atoms with van der Waals surface area (Å²) >= 11 is 0. The number of aryl methyl sites for hydroxylation is 1. The highest BCUT2D eigenvalue weighted by Crippen LogP contribution is 2.45. The van der Waals surface area contributed by atoms with Gasteiger partial charge in [0, 0.05) is 0 Å². The van der Waals surface area contributed by atoms with Crippen molar-refractivity contribution in [3.05, 3.63) is 23.5 Å². The fourth-order valence-corrected chi connectivity index (χ4v) is 2.43. The number of fused-ring (bicyclic) bond motifs is 1. The molecule has 0 aromatic heterocycles. The number of amides is 1. The van der Waals surface area contributed by atoms with Crippen molar-refractivity contribution in [3.63, 3.8) is 0 Å². The molecule has 1 atom stereocenters. The quantitative estimate of drug-likeness (QED) is 0.784. The topological polar surface area (TPSA) is 41.1 Å². The summed E-state index contributed by atoms with van der Waals surface area (Å²) in [6, 6.07) is 3.13. The van der Waals surface area contributed by atoms with Crippen LogP contribution in [0.2, 0.25) is 0 Å². The molecule has 1 aromatic carbocycles. The van der Waals surface area contributed by atoms with Crippen molar-refractivity contribution in [1.82, 2.24) is 0 Å². The summed E-state index contributed by atoms with van der Waals surface area (Å²) in [6.07, 6.45) is 2.15. The molecule has 0 spiro atoms. The molecule has 1 aliphatic carbocycles. The molecule has 2 aliphatic rings. The predicted molar refractivity (Wildman–Crippen MR) is 64.5 cm³/mol. The van der Waals surface area contributed by atoms with Crippen LogP contribution in [0.3, 0.4) is 0 Å². The van der Waals surface area contributed by atoms with Gasteiger partial charge in [-0.05, 0) is 50.3 Å². The second-order valence-corrected chi connectivity index (χ2v) is 5.20. The minimum atomic E-state index is -0.544. The van der Waals surface area contributed by atoms with Crippen molar-refractivity contribution < 1.29 is 9.18 Å². The number of anilines is 2. The van der Waals surface area contributed by atoms with Crippen LogP contribution in [-0.4, -0.2) is 11.4 Å². The Morgan fingerprint density at radius 1 is 1.35 bits per heavy atom. The number of rotatable bonds is 1. The zero-order valence-electron chi connectivity index (χ0n) is 9.93. The molecule has 1 aliphatic heterocycles. The van der Waals surface area contributed by atoms with Crippen LogP contribution in [-0.2, 0) is 4.79 Å². The van der Waals surface area contributed by atoms with Crippen molar-refractivity contribution in [3.8, 4) is 0 Å². The smallest absolute Gasteiger partial charge is 0.250 e. The van der Waals surface area contributed by atoms with E-state index in [1.165, 1.54) is 6.07 Å². The number of carbonyl (C=O) groups is 1. The number of benzene rings is 1. The maximum atomic E-state index is 13.4. The molecule has 1 aromatic rings. The van der Waals surface area contributed by atoms with E-state index in [0.717, 1.165) is 18.5 Å². The van der Waals surface area contributed by atoms with Crippen LogP contribution in [0.1, 0.15) is 25.3 Å². The third-order valence-corrected chi connectivity index (χ3v) is 3.81. The first kappa shape index (κ1) is 10.6. The van der Waals surface area contributed by atoms with Crippen LogP contribution in [0.15, 0.2) is 12.1 Å². The first-order chi connectivity index (χ1) is 8.00. The molecule has 1 amide bonds. The summed E-state index contributed by atoms with van der Waals surface area (Å²) in [7, 11) is 0. The molecule has 3 nitrogen and oxygen atoms in total. The fourth-order valence-electron chi connectivity index (χ4n) is 2.43. The third-order valence-electron chi connectivity index (χ3n) is 3.81. The summed E-state index contributed by atoms with van der Waals surface area (Å²) in [4.78, 5) is 12.1. The minimum Gasteiger partial charge on any atom is -0.370 e. The van der Waals surface area contributed by atoms with Crippen molar-refractivity contribution >= 4 is 17.3 Å². The lowest BCUT2D eigenvalue weighted by Crippen LogP contribution is -2.51. The summed E-state index contributed by atoms with van der Waals surface area (Å²) in [5.41, 5.74) is 1.40. The molecule has 1 saturated carbocycles. The molecule has 1 unspecified atom stereocenters. The average Bonchev–Trinajstić information content (AvgIpc) is 3.07. The highest BCUT2D eigenvalue weighted by Gasteiger charge is 2.49. The SMILES string of the molecule is Cc1cc2c(cc1F)NC(=O)C(C)(C1CC1)N2. The van der Waals surface area contributed by atoms with E-state index in [4.69, 9.17) is 0 Å². The zero-order valence-corrected chi connectivity index (χ0v) is 9.93. The van der Waals surface area contributed by atoms with Gasteiger partial charge in [-0.25, -0.2) is 4.39 Å². The second kappa shape index (κ2) is 3.22. The minimum absolute atomic E-state index is 0.0595. The van der Waals surface area contributed by atoms with Gasteiger partial charge in [0.15, 0.2) is 0 Å². The lowest BCUT2D eigenvalue weighted by molar-refractivity contribution is -0.120. The van der Waals surface area contributed by atoms with E-state index in [0.29, 0.717) is 17.2 Å². The number of nitrogens with one attached hydrogen (secondary N) is 2. The Hall–Kier alpha value is -1.58. The lowest BCUT2D eigenvalue weighted by Gasteiger charge is -2.36. The van der Waals surface area contributed by atoms with Crippen LogP contribution in [0.5, 0.6) is 0 Å². The van der Waals surface area contributed by atoms with Gasteiger partial charge in [-0.15, -0.1) is 0 Å². The fraction of sp³-hybridized carbons (Fsp3) is 0.462. The van der Waals surface area contributed by atoms with Crippen molar-refractivity contribution in [1.29, 1.82) is 0 Å². The Labute approximate surface area is 99.4 Å². The van der Waals surface area contributed by atoms with Gasteiger partial charge < -0.3 is 10.6 Å². The Balaban J connectivity index is 2.04. The van der Waals surface area contributed by atoms with E-state index in [1.54, 1.807) is 13.0 Å². The second-order valence-electron chi connectivity index (χ2n) is 5.20. The normalized spacial score (nSPS) is 27.1. The van der Waals surface area contributed by atoms with E-state index >= 15 is 0 Å². The van der Waals surface area contributed by atoms with Crippen molar-refractivity contribution in [2.75, 3.05) is 10.6 Å². The molecule has 4 heteroatoms. The number of hydrogen-bond donors (Lipinski definition) is 2. The van der Waals surface area contributed by atoms with Gasteiger partial charge in [0.1, 0.15) is 11.4 Å². The summed E-state index contributed by atoms with van der Waals surface area (Å²) in [5.74, 6) is 0.0395. The number of halogens is 1. The molecule has 0 saturated heterocycles. The van der Waals surface area contributed by atoms with Gasteiger partial charge in [-0.2, -0.15) is 0 Å². The molecule has 2 N–H and O–H groups in total. The number of hydrogen-bond acceptors (Lipinski definition) is 2. The standard InChI is InChI=1S/C13H15FN2O/c1-7-5-11-10(6-9(7)14)15-12(17)13(2,16-11)8-3-4-8/h5-6,8,16H,3-4H2,1-2H3,(H,15,17). The molecular formula is C13H15FN2O.